The van der Waals surface area contributed by atoms with Gasteiger partial charge in [-0.2, -0.15) is 0 Å². The Balaban J connectivity index is 1.64. The molecule has 0 aliphatic rings. The molecule has 0 bridgehead atoms. The molecule has 2 N–H and O–H groups in total. The fraction of sp³-hybridized carbons (Fsp3) is 0.133. The molecule has 0 saturated heterocycles. The molecule has 0 unspecified atom stereocenters. The standard InChI is InChI=1S/C30H30N4/c1-5-22(12-13-23-10-8-7-9-11-23)16-24(6-2)28-18-26(30(31-4)20-33-28)21(3)27-17-25-14-15-32-19-29(25)34-27/h5-11,14-20,31,34H,1,3,12-13H2,2,4H3/b22-16+,24-6+. The van der Waals surface area contributed by atoms with Gasteiger partial charge in [0.1, 0.15) is 0 Å². The topological polar surface area (TPSA) is 53.6 Å². The molecule has 0 aliphatic heterocycles. The van der Waals surface area contributed by atoms with Crippen molar-refractivity contribution in [1.82, 2.24) is 15.0 Å². The van der Waals surface area contributed by atoms with E-state index in [-0.39, 0.29) is 0 Å². The van der Waals surface area contributed by atoms with Gasteiger partial charge in [0.25, 0.3) is 0 Å². The SMILES string of the molecule is C=C/C(=C\C(=C/C)c1cc(C(=C)c2cc3ccncc3[nH]2)c(NC)cn1)CCc1ccccc1. The van der Waals surface area contributed by atoms with Crippen LogP contribution in [0.1, 0.15) is 35.9 Å². The van der Waals surface area contributed by atoms with Gasteiger partial charge in [0.05, 0.1) is 29.3 Å². The van der Waals surface area contributed by atoms with Crippen molar-refractivity contribution in [2.45, 2.75) is 19.8 Å². The number of hydrogen-bond donors (Lipinski definition) is 2. The number of aryl methyl sites for hydroxylation is 1. The number of aromatic nitrogens is 3. The molecule has 0 radical (unpaired) electrons. The first-order chi connectivity index (χ1) is 16.6. The monoisotopic (exact) mass is 446 g/mol. The lowest BCUT2D eigenvalue weighted by Gasteiger charge is -2.13. The van der Waals surface area contributed by atoms with Gasteiger partial charge in [-0.3, -0.25) is 9.97 Å². The number of anilines is 1. The fourth-order valence-electron chi connectivity index (χ4n) is 4.01. The van der Waals surface area contributed by atoms with E-state index in [2.05, 4.69) is 77.0 Å². The summed E-state index contributed by atoms with van der Waals surface area (Å²) in [6.45, 7) is 10.5. The third-order valence-electron chi connectivity index (χ3n) is 6.00. The lowest BCUT2D eigenvalue weighted by molar-refractivity contribution is 0.966. The number of benzene rings is 1. The summed E-state index contributed by atoms with van der Waals surface area (Å²) < 4.78 is 0. The molecule has 4 rings (SSSR count). The lowest BCUT2D eigenvalue weighted by atomic mass is 9.98. The second-order valence-electron chi connectivity index (χ2n) is 8.14. The van der Waals surface area contributed by atoms with Crippen molar-refractivity contribution >= 4 is 27.7 Å². The van der Waals surface area contributed by atoms with Gasteiger partial charge in [-0.05, 0) is 60.8 Å². The molecule has 0 spiro atoms. The second-order valence-corrected chi connectivity index (χ2v) is 8.14. The van der Waals surface area contributed by atoms with E-state index in [9.17, 15) is 0 Å². The number of pyridine rings is 2. The van der Waals surface area contributed by atoms with Crippen LogP contribution in [0.4, 0.5) is 5.69 Å². The van der Waals surface area contributed by atoms with Crippen LogP contribution in [0.3, 0.4) is 0 Å². The molecular weight excluding hydrogens is 416 g/mol. The number of fused-ring (bicyclic) bond motifs is 1. The summed E-state index contributed by atoms with van der Waals surface area (Å²) >= 11 is 0. The first-order valence-corrected chi connectivity index (χ1v) is 11.5. The van der Waals surface area contributed by atoms with Crippen LogP contribution in [-0.4, -0.2) is 22.0 Å². The Kier molecular flexibility index (Phi) is 7.19. The first kappa shape index (κ1) is 23.0. The summed E-state index contributed by atoms with van der Waals surface area (Å²) in [4.78, 5) is 12.4. The van der Waals surface area contributed by atoms with E-state index in [4.69, 9.17) is 4.98 Å². The Morgan fingerprint density at radius 3 is 2.65 bits per heavy atom. The number of allylic oxidation sites excluding steroid dienone is 5. The third kappa shape index (κ3) is 5.07. The minimum absolute atomic E-state index is 0.898. The highest BCUT2D eigenvalue weighted by Gasteiger charge is 2.13. The average molecular weight is 447 g/mol. The van der Waals surface area contributed by atoms with Crippen LogP contribution in [0.5, 0.6) is 0 Å². The molecule has 3 aromatic heterocycles. The molecule has 0 saturated carbocycles. The summed E-state index contributed by atoms with van der Waals surface area (Å²) in [6, 6.07) is 16.7. The van der Waals surface area contributed by atoms with Gasteiger partial charge in [-0.1, -0.05) is 55.6 Å². The van der Waals surface area contributed by atoms with Crippen LogP contribution >= 0.6 is 0 Å². The maximum atomic E-state index is 4.73. The van der Waals surface area contributed by atoms with Gasteiger partial charge in [0, 0.05) is 35.5 Å². The van der Waals surface area contributed by atoms with Gasteiger partial charge >= 0.3 is 0 Å². The van der Waals surface area contributed by atoms with Gasteiger partial charge in [0.2, 0.25) is 0 Å². The third-order valence-corrected chi connectivity index (χ3v) is 6.00. The Hall–Kier alpha value is -4.18. The molecule has 4 heteroatoms. The largest absolute Gasteiger partial charge is 0.386 e. The molecular formula is C30H30N4. The number of H-pyrrole nitrogens is 1. The molecule has 0 amide bonds. The molecule has 0 fully saturated rings. The van der Waals surface area contributed by atoms with Crippen molar-refractivity contribution in [3.63, 3.8) is 0 Å². The average Bonchev–Trinajstić information content (AvgIpc) is 3.33. The van der Waals surface area contributed by atoms with Crippen molar-refractivity contribution < 1.29 is 0 Å². The van der Waals surface area contributed by atoms with Crippen LogP contribution in [-0.2, 0) is 6.42 Å². The summed E-state index contributed by atoms with van der Waals surface area (Å²) in [5.74, 6) is 0. The lowest BCUT2D eigenvalue weighted by Crippen LogP contribution is -2.00. The molecule has 3 heterocycles. The summed E-state index contributed by atoms with van der Waals surface area (Å²) in [6.07, 6.45) is 13.6. The van der Waals surface area contributed by atoms with Gasteiger partial charge in [-0.25, -0.2) is 0 Å². The van der Waals surface area contributed by atoms with Crippen molar-refractivity contribution in [3.8, 4) is 0 Å². The highest BCUT2D eigenvalue weighted by atomic mass is 14.9. The van der Waals surface area contributed by atoms with Crippen LogP contribution < -0.4 is 5.32 Å². The van der Waals surface area contributed by atoms with Gasteiger partial charge < -0.3 is 10.3 Å². The zero-order valence-electron chi connectivity index (χ0n) is 19.8. The predicted molar refractivity (Wildman–Crippen MR) is 145 cm³/mol. The number of rotatable bonds is 9. The molecule has 4 nitrogen and oxygen atoms in total. The molecule has 170 valence electrons. The maximum absolute atomic E-state index is 4.73. The maximum Gasteiger partial charge on any atom is 0.0706 e. The highest BCUT2D eigenvalue weighted by molar-refractivity contribution is 5.91. The van der Waals surface area contributed by atoms with Crippen LogP contribution in [0.25, 0.3) is 22.0 Å². The van der Waals surface area contributed by atoms with Crippen LogP contribution in [0.15, 0.2) is 104 Å². The van der Waals surface area contributed by atoms with E-state index in [1.165, 1.54) is 11.1 Å². The van der Waals surface area contributed by atoms with E-state index in [1.807, 2.05) is 44.6 Å². The molecule has 34 heavy (non-hydrogen) atoms. The van der Waals surface area contributed by atoms with E-state index in [1.54, 1.807) is 6.20 Å². The number of nitrogens with zero attached hydrogens (tertiary/aromatic N) is 2. The smallest absolute Gasteiger partial charge is 0.0706 e. The Labute approximate surface area is 201 Å². The first-order valence-electron chi connectivity index (χ1n) is 11.5. The quantitative estimate of drug-likeness (QED) is 0.267. The second kappa shape index (κ2) is 10.6. The van der Waals surface area contributed by atoms with E-state index >= 15 is 0 Å². The van der Waals surface area contributed by atoms with E-state index in [0.29, 0.717) is 0 Å². The zero-order chi connectivity index (χ0) is 23.9. The molecule has 0 atom stereocenters. The number of nitrogens with one attached hydrogen (secondary N) is 2. The molecule has 1 aromatic carbocycles. The Morgan fingerprint density at radius 1 is 1.12 bits per heavy atom. The van der Waals surface area contributed by atoms with Crippen molar-refractivity contribution in [2.24, 2.45) is 0 Å². The van der Waals surface area contributed by atoms with Gasteiger partial charge in [-0.15, -0.1) is 0 Å². The van der Waals surface area contributed by atoms with Gasteiger partial charge in [0.15, 0.2) is 0 Å². The summed E-state index contributed by atoms with van der Waals surface area (Å²) in [5, 5.41) is 4.36. The van der Waals surface area contributed by atoms with Crippen LogP contribution in [0.2, 0.25) is 0 Å². The zero-order valence-corrected chi connectivity index (χ0v) is 19.8. The Bertz CT molecular complexity index is 1340. The van der Waals surface area contributed by atoms with E-state index < -0.39 is 0 Å². The van der Waals surface area contributed by atoms with Crippen molar-refractivity contribution in [2.75, 3.05) is 12.4 Å². The van der Waals surface area contributed by atoms with E-state index in [0.717, 1.165) is 57.5 Å². The molecule has 4 aromatic rings. The minimum atomic E-state index is 0.898. The number of aromatic amines is 1. The summed E-state index contributed by atoms with van der Waals surface area (Å²) in [5.41, 5.74) is 9.24. The van der Waals surface area contributed by atoms with Crippen LogP contribution in [0, 0.1) is 0 Å². The van der Waals surface area contributed by atoms with Crippen molar-refractivity contribution in [3.05, 3.63) is 127 Å². The highest BCUT2D eigenvalue weighted by Crippen LogP contribution is 2.31. The summed E-state index contributed by atoms with van der Waals surface area (Å²) in [7, 11) is 1.90. The van der Waals surface area contributed by atoms with Crippen molar-refractivity contribution in [1.29, 1.82) is 0 Å². The number of hydrogen-bond acceptors (Lipinski definition) is 3. The minimum Gasteiger partial charge on any atom is -0.386 e. The predicted octanol–water partition coefficient (Wildman–Crippen LogP) is 7.21. The normalized spacial score (nSPS) is 12.1. The Morgan fingerprint density at radius 2 is 1.94 bits per heavy atom. The fourth-order valence-corrected chi connectivity index (χ4v) is 4.01. The molecule has 0 aliphatic carbocycles.